The Balaban J connectivity index is 2.88. The van der Waals surface area contributed by atoms with E-state index >= 15 is 0 Å². The van der Waals surface area contributed by atoms with Crippen molar-refractivity contribution >= 4 is 5.91 Å². The minimum Gasteiger partial charge on any atom is -0.493 e. The summed E-state index contributed by atoms with van der Waals surface area (Å²) in [5.41, 5.74) is 2.21. The van der Waals surface area contributed by atoms with Gasteiger partial charge in [0.25, 0.3) is 5.91 Å². The molecular weight excluding hydrogens is 264 g/mol. The molecular formula is C17H24N2O2. The van der Waals surface area contributed by atoms with Gasteiger partial charge in [-0.25, -0.2) is 0 Å². The summed E-state index contributed by atoms with van der Waals surface area (Å²) < 4.78 is 5.82. The van der Waals surface area contributed by atoms with Crippen molar-refractivity contribution in [3.05, 3.63) is 28.8 Å². The first-order valence-electron chi connectivity index (χ1n) is 7.49. The van der Waals surface area contributed by atoms with Crippen molar-refractivity contribution in [2.24, 2.45) is 0 Å². The van der Waals surface area contributed by atoms with Crippen LogP contribution in [-0.4, -0.2) is 19.6 Å². The zero-order valence-electron chi connectivity index (χ0n) is 13.2. The molecule has 0 aliphatic carbocycles. The van der Waals surface area contributed by atoms with Gasteiger partial charge in [-0.3, -0.25) is 4.79 Å². The summed E-state index contributed by atoms with van der Waals surface area (Å²) in [6.45, 7) is 4.69. The number of amides is 1. The summed E-state index contributed by atoms with van der Waals surface area (Å²) in [5, 5.41) is 11.5. The number of benzene rings is 1. The van der Waals surface area contributed by atoms with E-state index in [0.29, 0.717) is 17.9 Å². The lowest BCUT2D eigenvalue weighted by atomic mass is 10.0. The zero-order valence-corrected chi connectivity index (χ0v) is 13.2. The highest BCUT2D eigenvalue weighted by Gasteiger charge is 2.13. The Labute approximate surface area is 127 Å². The molecule has 0 saturated carbocycles. The van der Waals surface area contributed by atoms with E-state index in [-0.39, 0.29) is 12.3 Å². The molecule has 0 aromatic heterocycles. The molecule has 0 heterocycles. The molecule has 114 valence electrons. The Morgan fingerprint density at radius 2 is 2.10 bits per heavy atom. The van der Waals surface area contributed by atoms with Gasteiger partial charge in [0.15, 0.2) is 0 Å². The SMILES string of the molecule is CCCCCCOc1cc(CC#N)cc(C(=O)NC)c1C. The lowest BCUT2D eigenvalue weighted by molar-refractivity contribution is 0.0962. The average molecular weight is 288 g/mol. The van der Waals surface area contributed by atoms with Crippen LogP contribution in [0.25, 0.3) is 0 Å². The normalized spacial score (nSPS) is 10.0. The van der Waals surface area contributed by atoms with Gasteiger partial charge in [-0.2, -0.15) is 5.26 Å². The largest absolute Gasteiger partial charge is 0.493 e. The van der Waals surface area contributed by atoms with Crippen LogP contribution >= 0.6 is 0 Å². The third-order valence-electron chi connectivity index (χ3n) is 3.43. The molecule has 0 unspecified atom stereocenters. The quantitative estimate of drug-likeness (QED) is 0.746. The highest BCUT2D eigenvalue weighted by molar-refractivity contribution is 5.96. The highest BCUT2D eigenvalue weighted by atomic mass is 16.5. The van der Waals surface area contributed by atoms with E-state index in [2.05, 4.69) is 18.3 Å². The fourth-order valence-electron chi connectivity index (χ4n) is 2.17. The summed E-state index contributed by atoms with van der Waals surface area (Å²) in [6, 6.07) is 5.74. The van der Waals surface area contributed by atoms with Crippen molar-refractivity contribution in [3.8, 4) is 11.8 Å². The predicted molar refractivity (Wildman–Crippen MR) is 83.5 cm³/mol. The molecule has 0 atom stereocenters. The van der Waals surface area contributed by atoms with Crippen LogP contribution in [0.3, 0.4) is 0 Å². The van der Waals surface area contributed by atoms with Crippen molar-refractivity contribution in [1.29, 1.82) is 5.26 Å². The number of hydrogen-bond donors (Lipinski definition) is 1. The average Bonchev–Trinajstić information content (AvgIpc) is 2.49. The molecule has 0 aliphatic rings. The van der Waals surface area contributed by atoms with Crippen LogP contribution in [0.5, 0.6) is 5.75 Å². The van der Waals surface area contributed by atoms with Gasteiger partial charge in [0.1, 0.15) is 5.75 Å². The molecule has 0 saturated heterocycles. The molecule has 0 bridgehead atoms. The number of carbonyl (C=O) groups is 1. The minimum atomic E-state index is -0.150. The fraction of sp³-hybridized carbons (Fsp3) is 0.529. The maximum Gasteiger partial charge on any atom is 0.251 e. The van der Waals surface area contributed by atoms with Gasteiger partial charge in [0, 0.05) is 18.2 Å². The van der Waals surface area contributed by atoms with E-state index < -0.39 is 0 Å². The van der Waals surface area contributed by atoms with Gasteiger partial charge in [0.2, 0.25) is 0 Å². The van der Waals surface area contributed by atoms with E-state index in [4.69, 9.17) is 10.00 Å². The Kier molecular flexibility index (Phi) is 7.31. The second-order valence-corrected chi connectivity index (χ2v) is 5.09. The standard InChI is InChI=1S/C17H24N2O2/c1-4-5-6-7-10-21-16-12-14(8-9-18)11-15(13(16)2)17(20)19-3/h11-12H,4-8,10H2,1-3H3,(H,19,20). The third-order valence-corrected chi connectivity index (χ3v) is 3.43. The third kappa shape index (κ3) is 5.11. The predicted octanol–water partition coefficient (Wildman–Crippen LogP) is 3.38. The number of ether oxygens (including phenoxy) is 1. The number of nitriles is 1. The van der Waals surface area contributed by atoms with Gasteiger partial charge in [-0.05, 0) is 31.0 Å². The van der Waals surface area contributed by atoms with Crippen LogP contribution in [-0.2, 0) is 6.42 Å². The van der Waals surface area contributed by atoms with Crippen LogP contribution in [0.4, 0.5) is 0 Å². The Morgan fingerprint density at radius 1 is 1.33 bits per heavy atom. The van der Waals surface area contributed by atoms with Crippen LogP contribution in [0, 0.1) is 18.3 Å². The van der Waals surface area contributed by atoms with Crippen molar-refractivity contribution in [1.82, 2.24) is 5.32 Å². The first kappa shape index (κ1) is 17.0. The molecule has 0 fully saturated rings. The number of nitrogens with zero attached hydrogens (tertiary/aromatic N) is 1. The number of hydrogen-bond acceptors (Lipinski definition) is 3. The summed E-state index contributed by atoms with van der Waals surface area (Å²) in [6.07, 6.45) is 4.83. The number of carbonyl (C=O) groups excluding carboxylic acids is 1. The summed E-state index contributed by atoms with van der Waals surface area (Å²) in [4.78, 5) is 11.9. The smallest absolute Gasteiger partial charge is 0.251 e. The molecule has 1 N–H and O–H groups in total. The number of nitrogens with one attached hydrogen (secondary N) is 1. The summed E-state index contributed by atoms with van der Waals surface area (Å²) >= 11 is 0. The molecule has 0 spiro atoms. The molecule has 1 amide bonds. The van der Waals surface area contributed by atoms with Crippen LogP contribution < -0.4 is 10.1 Å². The van der Waals surface area contributed by atoms with E-state index in [9.17, 15) is 4.79 Å². The van der Waals surface area contributed by atoms with Gasteiger partial charge >= 0.3 is 0 Å². The monoisotopic (exact) mass is 288 g/mol. The van der Waals surface area contributed by atoms with E-state index in [0.717, 1.165) is 24.0 Å². The lowest BCUT2D eigenvalue weighted by Gasteiger charge is -2.14. The topological polar surface area (TPSA) is 62.1 Å². The molecule has 0 aliphatic heterocycles. The first-order chi connectivity index (χ1) is 10.1. The van der Waals surface area contributed by atoms with Gasteiger partial charge in [-0.15, -0.1) is 0 Å². The minimum absolute atomic E-state index is 0.150. The molecule has 4 heteroatoms. The van der Waals surface area contributed by atoms with E-state index in [1.54, 1.807) is 13.1 Å². The summed E-state index contributed by atoms with van der Waals surface area (Å²) in [5.74, 6) is 0.556. The fourth-order valence-corrected chi connectivity index (χ4v) is 2.17. The van der Waals surface area contributed by atoms with Crippen LogP contribution in [0.15, 0.2) is 12.1 Å². The van der Waals surface area contributed by atoms with Crippen molar-refractivity contribution in [3.63, 3.8) is 0 Å². The van der Waals surface area contributed by atoms with E-state index in [1.807, 2.05) is 13.0 Å². The van der Waals surface area contributed by atoms with E-state index in [1.165, 1.54) is 12.8 Å². The first-order valence-corrected chi connectivity index (χ1v) is 7.49. The van der Waals surface area contributed by atoms with Crippen molar-refractivity contribution in [2.75, 3.05) is 13.7 Å². The number of rotatable bonds is 8. The van der Waals surface area contributed by atoms with Gasteiger partial charge in [0.05, 0.1) is 19.1 Å². The molecule has 1 rings (SSSR count). The highest BCUT2D eigenvalue weighted by Crippen LogP contribution is 2.25. The van der Waals surface area contributed by atoms with Crippen LogP contribution in [0.2, 0.25) is 0 Å². The molecule has 1 aromatic carbocycles. The summed E-state index contributed by atoms with van der Waals surface area (Å²) in [7, 11) is 1.60. The maximum atomic E-state index is 11.9. The zero-order chi connectivity index (χ0) is 15.7. The van der Waals surface area contributed by atoms with Crippen LogP contribution in [0.1, 0.15) is 54.1 Å². The van der Waals surface area contributed by atoms with Crippen molar-refractivity contribution < 1.29 is 9.53 Å². The molecule has 21 heavy (non-hydrogen) atoms. The maximum absolute atomic E-state index is 11.9. The Morgan fingerprint density at radius 3 is 2.71 bits per heavy atom. The number of unbranched alkanes of at least 4 members (excludes halogenated alkanes) is 3. The molecule has 4 nitrogen and oxygen atoms in total. The molecule has 1 aromatic rings. The second-order valence-electron chi connectivity index (χ2n) is 5.09. The second kappa shape index (κ2) is 9.02. The molecule has 0 radical (unpaired) electrons. The van der Waals surface area contributed by atoms with Gasteiger partial charge in [-0.1, -0.05) is 26.2 Å². The van der Waals surface area contributed by atoms with Gasteiger partial charge < -0.3 is 10.1 Å². The lowest BCUT2D eigenvalue weighted by Crippen LogP contribution is -2.19. The Hall–Kier alpha value is -2.02. The Bertz CT molecular complexity index is 518. The van der Waals surface area contributed by atoms with Crippen molar-refractivity contribution in [2.45, 2.75) is 46.0 Å².